The molecule has 0 aliphatic carbocycles. The van der Waals surface area contributed by atoms with Gasteiger partial charge in [0.2, 0.25) is 0 Å². The van der Waals surface area contributed by atoms with Gasteiger partial charge in [-0.25, -0.2) is 14.7 Å². The Morgan fingerprint density at radius 2 is 1.84 bits per heavy atom. The number of fused-ring (bicyclic) bond motifs is 1. The van der Waals surface area contributed by atoms with Crippen LogP contribution in [0, 0.1) is 0 Å². The van der Waals surface area contributed by atoms with Gasteiger partial charge in [0.1, 0.15) is 11.6 Å². The molecule has 0 bridgehead atoms. The summed E-state index contributed by atoms with van der Waals surface area (Å²) in [6.07, 6.45) is 0.727. The summed E-state index contributed by atoms with van der Waals surface area (Å²) in [5.74, 6) is -0.494. The van der Waals surface area contributed by atoms with Gasteiger partial charge in [-0.3, -0.25) is 4.79 Å². The topological polar surface area (TPSA) is 144 Å². The first-order valence-corrected chi connectivity index (χ1v) is 11.2. The number of benzene rings is 1. The van der Waals surface area contributed by atoms with E-state index in [1.165, 1.54) is 18.2 Å². The molecule has 5 N–H and O–H groups in total. The average molecular weight is 443 g/mol. The van der Waals surface area contributed by atoms with Crippen LogP contribution < -0.4 is 21.1 Å². The molecule has 0 saturated carbocycles. The quantitative estimate of drug-likeness (QED) is 0.473. The van der Waals surface area contributed by atoms with Gasteiger partial charge < -0.3 is 16.4 Å². The molecular weight excluding hydrogens is 416 g/mol. The summed E-state index contributed by atoms with van der Waals surface area (Å²) in [5, 5.41) is 0.350. The molecule has 0 fully saturated rings. The Hall–Kier alpha value is -3.24. The fourth-order valence-electron chi connectivity index (χ4n) is 3.10. The van der Waals surface area contributed by atoms with Crippen LogP contribution in [0.1, 0.15) is 37.6 Å². The molecule has 0 aliphatic rings. The van der Waals surface area contributed by atoms with Gasteiger partial charge in [0, 0.05) is 10.9 Å². The maximum absolute atomic E-state index is 13.2. The fraction of sp³-hybridized carbons (Fsp3) is 0.286. The van der Waals surface area contributed by atoms with E-state index in [-0.39, 0.29) is 23.1 Å². The minimum atomic E-state index is -4.24. The van der Waals surface area contributed by atoms with Crippen molar-refractivity contribution in [3.63, 3.8) is 0 Å². The first kappa shape index (κ1) is 22.4. The highest BCUT2D eigenvalue weighted by Crippen LogP contribution is 2.30. The Labute approximate surface area is 181 Å². The normalized spacial score (nSPS) is 12.0. The smallest absolute Gasteiger partial charge is 0.281 e. The highest BCUT2D eigenvalue weighted by Gasteiger charge is 2.31. The summed E-state index contributed by atoms with van der Waals surface area (Å²) in [7, 11) is -4.24. The number of pyridine rings is 2. The van der Waals surface area contributed by atoms with Crippen LogP contribution in [0.4, 0.5) is 11.6 Å². The first-order valence-electron chi connectivity index (χ1n) is 9.76. The zero-order chi connectivity index (χ0) is 22.8. The van der Waals surface area contributed by atoms with Gasteiger partial charge in [-0.15, -0.1) is 0 Å². The van der Waals surface area contributed by atoms with Crippen LogP contribution in [0.2, 0.25) is 0 Å². The number of aromatic nitrogens is 2. The molecule has 31 heavy (non-hydrogen) atoms. The number of nitrogens with one attached hydrogen (secondary N) is 1. The van der Waals surface area contributed by atoms with E-state index in [1.54, 1.807) is 17.0 Å². The van der Waals surface area contributed by atoms with Crippen LogP contribution in [0.3, 0.4) is 0 Å². The maximum atomic E-state index is 13.2. The van der Waals surface area contributed by atoms with Crippen molar-refractivity contribution in [3.8, 4) is 0 Å². The molecule has 0 spiro atoms. The van der Waals surface area contributed by atoms with Crippen molar-refractivity contribution in [2.24, 2.45) is 5.73 Å². The number of sulfonamides is 1. The van der Waals surface area contributed by atoms with Gasteiger partial charge in [0.05, 0.1) is 17.7 Å². The Balaban J connectivity index is 2.12. The second kappa shape index (κ2) is 8.48. The number of nitrogens with zero attached hydrogens (tertiary/aromatic N) is 3. The van der Waals surface area contributed by atoms with E-state index >= 15 is 0 Å². The third-order valence-electron chi connectivity index (χ3n) is 5.23. The Kier molecular flexibility index (Phi) is 6.14. The van der Waals surface area contributed by atoms with E-state index in [1.807, 2.05) is 39.0 Å². The molecule has 0 aliphatic heterocycles. The average Bonchev–Trinajstić information content (AvgIpc) is 2.73. The van der Waals surface area contributed by atoms with Crippen LogP contribution in [-0.4, -0.2) is 36.5 Å². The summed E-state index contributed by atoms with van der Waals surface area (Å²) in [5.41, 5.74) is 12.0. The predicted octanol–water partition coefficient (Wildman–Crippen LogP) is 2.24. The number of hydrogen-bond acceptors (Lipinski definition) is 8. The molecule has 1 aromatic carbocycles. The van der Waals surface area contributed by atoms with Crippen molar-refractivity contribution >= 4 is 38.5 Å². The Morgan fingerprint density at radius 1 is 1.13 bits per heavy atom. The lowest BCUT2D eigenvalue weighted by molar-refractivity contribution is 0.0981. The molecule has 2 heterocycles. The molecule has 3 rings (SSSR count). The minimum Gasteiger partial charge on any atom is -0.384 e. The molecule has 10 heteroatoms. The molecule has 0 radical (unpaired) electrons. The summed E-state index contributed by atoms with van der Waals surface area (Å²) < 4.78 is 27.5. The highest BCUT2D eigenvalue weighted by atomic mass is 32.2. The molecule has 1 amide bonds. The monoisotopic (exact) mass is 442 g/mol. The summed E-state index contributed by atoms with van der Waals surface area (Å²) in [6, 6.07) is 13.1. The number of carbonyl (C=O) groups is 1. The molecule has 3 aromatic rings. The SMILES string of the molecule is CCC(C)(C)N(CN)c1nc2ccccc2cc1C(=O)NS(=O)(=O)c1cccc(N)n1. The summed E-state index contributed by atoms with van der Waals surface area (Å²) >= 11 is 0. The molecule has 0 saturated heterocycles. The van der Waals surface area contributed by atoms with Gasteiger partial charge in [-0.05, 0) is 44.5 Å². The van der Waals surface area contributed by atoms with E-state index in [9.17, 15) is 13.2 Å². The van der Waals surface area contributed by atoms with Crippen LogP contribution >= 0.6 is 0 Å². The van der Waals surface area contributed by atoms with Gasteiger partial charge in [0.25, 0.3) is 15.9 Å². The predicted molar refractivity (Wildman–Crippen MR) is 121 cm³/mol. The lowest BCUT2D eigenvalue weighted by Crippen LogP contribution is -2.48. The van der Waals surface area contributed by atoms with Gasteiger partial charge >= 0.3 is 0 Å². The third-order valence-corrected chi connectivity index (χ3v) is 6.46. The summed E-state index contributed by atoms with van der Waals surface area (Å²) in [6.45, 7) is 6.05. The number of nitrogen functional groups attached to an aromatic ring is 1. The zero-order valence-corrected chi connectivity index (χ0v) is 18.5. The lowest BCUT2D eigenvalue weighted by Gasteiger charge is -2.39. The largest absolute Gasteiger partial charge is 0.384 e. The van der Waals surface area contributed by atoms with Crippen molar-refractivity contribution < 1.29 is 13.2 Å². The maximum Gasteiger partial charge on any atom is 0.281 e. The van der Waals surface area contributed by atoms with E-state index in [0.29, 0.717) is 16.7 Å². The van der Waals surface area contributed by atoms with Crippen molar-refractivity contribution in [2.75, 3.05) is 17.3 Å². The number of anilines is 2. The number of carbonyl (C=O) groups excluding carboxylic acids is 1. The van der Waals surface area contributed by atoms with Crippen LogP contribution in [0.15, 0.2) is 53.6 Å². The molecule has 9 nitrogen and oxygen atoms in total. The van der Waals surface area contributed by atoms with E-state index in [2.05, 4.69) is 14.7 Å². The number of para-hydroxylation sites is 1. The number of hydrogen-bond donors (Lipinski definition) is 3. The minimum absolute atomic E-state index is 0.0300. The second-order valence-electron chi connectivity index (χ2n) is 7.66. The first-order chi connectivity index (χ1) is 14.6. The van der Waals surface area contributed by atoms with Gasteiger partial charge in [0.15, 0.2) is 5.03 Å². The number of amides is 1. The van der Waals surface area contributed by atoms with E-state index < -0.39 is 21.5 Å². The van der Waals surface area contributed by atoms with Gasteiger partial charge in [-0.2, -0.15) is 8.42 Å². The molecule has 164 valence electrons. The number of rotatable bonds is 7. The molecule has 0 unspecified atom stereocenters. The Morgan fingerprint density at radius 3 is 2.48 bits per heavy atom. The van der Waals surface area contributed by atoms with Crippen molar-refractivity contribution in [1.82, 2.24) is 14.7 Å². The number of nitrogens with two attached hydrogens (primary N) is 2. The second-order valence-corrected chi connectivity index (χ2v) is 9.29. The molecular formula is C21H26N6O3S. The van der Waals surface area contributed by atoms with Gasteiger partial charge in [-0.1, -0.05) is 31.2 Å². The lowest BCUT2D eigenvalue weighted by atomic mass is 9.98. The Bertz CT molecular complexity index is 1230. The highest BCUT2D eigenvalue weighted by molar-refractivity contribution is 7.90. The van der Waals surface area contributed by atoms with E-state index in [4.69, 9.17) is 11.5 Å². The zero-order valence-electron chi connectivity index (χ0n) is 17.7. The van der Waals surface area contributed by atoms with Crippen LogP contribution in [0.5, 0.6) is 0 Å². The van der Waals surface area contributed by atoms with Crippen LogP contribution in [-0.2, 0) is 10.0 Å². The summed E-state index contributed by atoms with van der Waals surface area (Å²) in [4.78, 5) is 23.4. The van der Waals surface area contributed by atoms with Crippen LogP contribution in [0.25, 0.3) is 10.9 Å². The van der Waals surface area contributed by atoms with Crippen molar-refractivity contribution in [1.29, 1.82) is 0 Å². The van der Waals surface area contributed by atoms with Crippen molar-refractivity contribution in [3.05, 3.63) is 54.1 Å². The third kappa shape index (κ3) is 4.59. The fourth-order valence-corrected chi connectivity index (χ4v) is 4.04. The van der Waals surface area contributed by atoms with Crippen molar-refractivity contribution in [2.45, 2.75) is 37.8 Å². The molecule has 2 aromatic heterocycles. The molecule has 0 atom stereocenters. The van der Waals surface area contributed by atoms with E-state index in [0.717, 1.165) is 6.42 Å². The standard InChI is InChI=1S/C21H26N6O3S/c1-4-21(2,3)27(13-22)19-15(12-14-8-5-6-9-16(14)24-19)20(28)26-31(29,30)18-11-7-10-17(23)25-18/h5-12H,4,13,22H2,1-3H3,(H2,23,25)(H,26,28).